The summed E-state index contributed by atoms with van der Waals surface area (Å²) in [5.41, 5.74) is 0.579. The smallest absolute Gasteiger partial charge is 0.338 e. The molecule has 3 aliphatic rings. The Morgan fingerprint density at radius 1 is 1.11 bits per heavy atom. The molecule has 0 radical (unpaired) electrons. The quantitative estimate of drug-likeness (QED) is 0.184. The van der Waals surface area contributed by atoms with Gasteiger partial charge < -0.3 is 54.3 Å². The number of benzene rings is 1. The van der Waals surface area contributed by atoms with Gasteiger partial charge in [0, 0.05) is 5.92 Å². The number of aromatic hydroxyl groups is 1. The van der Waals surface area contributed by atoms with Crippen molar-refractivity contribution in [1.29, 1.82) is 0 Å². The molecule has 1 aromatic rings. The van der Waals surface area contributed by atoms with Gasteiger partial charge in [0.25, 0.3) is 0 Å². The van der Waals surface area contributed by atoms with Gasteiger partial charge in [-0.3, -0.25) is 0 Å². The van der Waals surface area contributed by atoms with Gasteiger partial charge in [0.2, 0.25) is 6.29 Å². The van der Waals surface area contributed by atoms with Crippen molar-refractivity contribution in [1.82, 2.24) is 0 Å². The number of allylic oxidation sites excluding steroid dienone is 1. The molecule has 0 spiro atoms. The van der Waals surface area contributed by atoms with Gasteiger partial charge in [0.05, 0.1) is 37.0 Å². The maximum Gasteiger partial charge on any atom is 0.338 e. The Bertz CT molecular complexity index is 1080. The molecule has 1 saturated heterocycles. The predicted octanol–water partition coefficient (Wildman–Crippen LogP) is -0.739. The van der Waals surface area contributed by atoms with E-state index < -0.39 is 67.4 Å². The van der Waals surface area contributed by atoms with Gasteiger partial charge in [-0.2, -0.15) is 0 Å². The Morgan fingerprint density at radius 2 is 1.86 bits per heavy atom. The summed E-state index contributed by atoms with van der Waals surface area (Å²) in [4.78, 5) is 24.4. The highest BCUT2D eigenvalue weighted by Crippen LogP contribution is 2.44. The third-order valence-corrected chi connectivity index (χ3v) is 6.67. The lowest BCUT2D eigenvalue weighted by atomic mass is 9.83. The van der Waals surface area contributed by atoms with Crippen LogP contribution >= 0.6 is 0 Å². The van der Waals surface area contributed by atoms with Crippen molar-refractivity contribution in [2.24, 2.45) is 11.8 Å². The molecule has 0 aromatic heterocycles. The molecule has 2 heterocycles. The highest BCUT2D eigenvalue weighted by Gasteiger charge is 2.49. The normalized spacial score (nSPS) is 33.0. The van der Waals surface area contributed by atoms with E-state index in [-0.39, 0.29) is 35.7 Å². The fourth-order valence-corrected chi connectivity index (χ4v) is 4.65. The number of hydrogen-bond acceptors (Lipinski definition) is 12. The molecule has 4 rings (SSSR count). The second-order valence-corrected chi connectivity index (χ2v) is 8.83. The van der Waals surface area contributed by atoms with Crippen LogP contribution < -0.4 is 4.74 Å². The van der Waals surface area contributed by atoms with E-state index in [9.17, 15) is 40.2 Å². The van der Waals surface area contributed by atoms with Gasteiger partial charge >= 0.3 is 11.9 Å². The van der Waals surface area contributed by atoms with E-state index in [0.717, 1.165) is 6.26 Å². The highest BCUT2D eigenvalue weighted by atomic mass is 16.8. The number of ether oxygens (including phenoxy) is 5. The summed E-state index contributed by atoms with van der Waals surface area (Å²) in [6.45, 7) is -0.900. The number of methoxy groups -OCH3 is 1. The molecule has 8 atom stereocenters. The number of carboxylic acid groups (broad SMARTS) is 1. The summed E-state index contributed by atoms with van der Waals surface area (Å²) in [6.07, 6.45) is -5.89. The lowest BCUT2D eigenvalue weighted by Crippen LogP contribution is -2.60. The number of hydrogen-bond donors (Lipinski definition) is 6. The lowest BCUT2D eigenvalue weighted by Gasteiger charge is -2.42. The first-order chi connectivity index (χ1) is 17.7. The van der Waals surface area contributed by atoms with Crippen LogP contribution in [0.1, 0.15) is 16.8 Å². The van der Waals surface area contributed by atoms with Crippen LogP contribution in [-0.4, -0.2) is 99.9 Å². The first kappa shape index (κ1) is 26.9. The van der Waals surface area contributed by atoms with Crippen molar-refractivity contribution >= 4 is 11.9 Å². The molecule has 6 N–H and O–H groups in total. The van der Waals surface area contributed by atoms with Crippen LogP contribution in [0.5, 0.6) is 11.5 Å². The molecule has 0 saturated carbocycles. The molecule has 0 unspecified atom stereocenters. The number of carbonyl (C=O) groups excluding carboxylic acids is 1. The number of aliphatic hydroxyl groups is 4. The molecule has 13 nitrogen and oxygen atoms in total. The minimum Gasteiger partial charge on any atom is -0.504 e. The highest BCUT2D eigenvalue weighted by molar-refractivity contribution is 5.90. The molecule has 2 aliphatic heterocycles. The summed E-state index contributed by atoms with van der Waals surface area (Å²) < 4.78 is 27.1. The molecular weight excluding hydrogens is 496 g/mol. The minimum atomic E-state index is -1.69. The SMILES string of the molecule is COc1cc(C(=O)OCC2=CC[C@@H]3C(C(=O)O)=CO[C@@H](O[C@H]4O[C@H](CO)[C@@H](O)[C@H](O)[C@H]4O)[C@H]23)ccc1O. The van der Waals surface area contributed by atoms with Crippen molar-refractivity contribution in [3.8, 4) is 11.5 Å². The molecule has 1 fully saturated rings. The molecule has 1 aliphatic carbocycles. The maximum absolute atomic E-state index is 12.6. The second-order valence-electron chi connectivity index (χ2n) is 8.83. The Morgan fingerprint density at radius 3 is 2.54 bits per heavy atom. The van der Waals surface area contributed by atoms with E-state index in [1.54, 1.807) is 6.08 Å². The summed E-state index contributed by atoms with van der Waals surface area (Å²) in [5, 5.41) is 59.2. The summed E-state index contributed by atoms with van der Waals surface area (Å²) >= 11 is 0. The Kier molecular flexibility index (Phi) is 8.02. The largest absolute Gasteiger partial charge is 0.504 e. The van der Waals surface area contributed by atoms with E-state index in [4.69, 9.17) is 23.7 Å². The van der Waals surface area contributed by atoms with Gasteiger partial charge in [-0.25, -0.2) is 9.59 Å². The van der Waals surface area contributed by atoms with Crippen LogP contribution in [-0.2, 0) is 23.7 Å². The first-order valence-electron chi connectivity index (χ1n) is 11.4. The maximum atomic E-state index is 12.6. The topological polar surface area (TPSA) is 202 Å². The number of esters is 1. The van der Waals surface area contributed by atoms with Crippen LogP contribution in [0.25, 0.3) is 0 Å². The monoisotopic (exact) mass is 524 g/mol. The fraction of sp³-hybridized carbons (Fsp3) is 0.500. The molecule has 13 heteroatoms. The molecular formula is C24H28O13. The van der Waals surface area contributed by atoms with Gasteiger partial charge in [-0.05, 0) is 30.2 Å². The average Bonchev–Trinajstić information content (AvgIpc) is 3.32. The van der Waals surface area contributed by atoms with E-state index >= 15 is 0 Å². The van der Waals surface area contributed by atoms with Crippen molar-refractivity contribution in [3.05, 3.63) is 47.2 Å². The first-order valence-corrected chi connectivity index (χ1v) is 11.4. The zero-order chi connectivity index (χ0) is 26.9. The average molecular weight is 524 g/mol. The molecule has 37 heavy (non-hydrogen) atoms. The van der Waals surface area contributed by atoms with Crippen molar-refractivity contribution in [3.63, 3.8) is 0 Å². The van der Waals surface area contributed by atoms with Crippen LogP contribution in [0, 0.1) is 11.8 Å². The molecule has 202 valence electrons. The van der Waals surface area contributed by atoms with E-state index in [1.807, 2.05) is 0 Å². The van der Waals surface area contributed by atoms with Crippen LogP contribution in [0.15, 0.2) is 41.7 Å². The minimum absolute atomic E-state index is 0.0282. The standard InChI is InChI=1S/C24H28O13/c1-33-15-6-10(3-5-14(15)26)22(32)34-8-11-2-4-12-13(21(30)31)9-35-23(17(11)12)37-24-20(29)19(28)18(27)16(7-25)36-24/h2-3,5-6,9,12,16-20,23-29H,4,7-8H2,1H3,(H,30,31)/t12-,16-,17-,18-,19+,20-,23+,24-/m1/s1. The number of fused-ring (bicyclic) bond motifs is 1. The van der Waals surface area contributed by atoms with E-state index in [2.05, 4.69) is 0 Å². The number of phenolic OH excluding ortho intramolecular Hbond substituents is 1. The molecule has 1 aromatic carbocycles. The fourth-order valence-electron chi connectivity index (χ4n) is 4.65. The van der Waals surface area contributed by atoms with E-state index in [1.165, 1.54) is 25.3 Å². The third-order valence-electron chi connectivity index (χ3n) is 6.67. The van der Waals surface area contributed by atoms with Gasteiger partial charge in [-0.15, -0.1) is 0 Å². The summed E-state index contributed by atoms with van der Waals surface area (Å²) in [5.74, 6) is -3.36. The number of aliphatic carboxylic acids is 1. The summed E-state index contributed by atoms with van der Waals surface area (Å²) in [7, 11) is 1.33. The van der Waals surface area contributed by atoms with Crippen LogP contribution in [0.3, 0.4) is 0 Å². The van der Waals surface area contributed by atoms with Crippen molar-refractivity contribution in [2.45, 2.75) is 43.4 Å². The Balaban J connectivity index is 1.50. The Labute approximate surface area is 210 Å². The van der Waals surface area contributed by atoms with Gasteiger partial charge in [-0.1, -0.05) is 6.08 Å². The Hall–Kier alpha value is -3.20. The predicted molar refractivity (Wildman–Crippen MR) is 120 cm³/mol. The lowest BCUT2D eigenvalue weighted by molar-refractivity contribution is -0.339. The van der Waals surface area contributed by atoms with E-state index in [0.29, 0.717) is 5.57 Å². The third kappa shape index (κ3) is 5.28. The van der Waals surface area contributed by atoms with Crippen LogP contribution in [0.4, 0.5) is 0 Å². The van der Waals surface area contributed by atoms with Crippen LogP contribution in [0.2, 0.25) is 0 Å². The number of rotatable bonds is 8. The van der Waals surface area contributed by atoms with Crippen molar-refractivity contribution < 1.29 is 63.9 Å². The second kappa shape index (κ2) is 11.0. The number of carbonyl (C=O) groups is 2. The zero-order valence-corrected chi connectivity index (χ0v) is 19.7. The van der Waals surface area contributed by atoms with Crippen molar-refractivity contribution in [2.75, 3.05) is 20.3 Å². The molecule has 0 bridgehead atoms. The number of aliphatic hydroxyl groups excluding tert-OH is 4. The zero-order valence-electron chi connectivity index (χ0n) is 19.7. The van der Waals surface area contributed by atoms with Gasteiger partial charge in [0.1, 0.15) is 31.0 Å². The number of carboxylic acids is 1. The van der Waals surface area contributed by atoms with Gasteiger partial charge in [0.15, 0.2) is 17.8 Å². The summed E-state index contributed by atoms with van der Waals surface area (Å²) in [6, 6.07) is 3.94. The number of phenols is 1. The molecule has 0 amide bonds.